The fourth-order valence-corrected chi connectivity index (χ4v) is 2.13. The van der Waals surface area contributed by atoms with Crippen LogP contribution in [0.5, 0.6) is 5.75 Å². The van der Waals surface area contributed by atoms with Gasteiger partial charge in [-0.05, 0) is 55.2 Å². The summed E-state index contributed by atoms with van der Waals surface area (Å²) in [4.78, 5) is 0. The Balaban J connectivity index is 1.88. The summed E-state index contributed by atoms with van der Waals surface area (Å²) >= 11 is 0. The van der Waals surface area contributed by atoms with Crippen LogP contribution in [0.25, 0.3) is 0 Å². The highest BCUT2D eigenvalue weighted by Crippen LogP contribution is 2.20. The van der Waals surface area contributed by atoms with E-state index < -0.39 is 6.10 Å². The lowest BCUT2D eigenvalue weighted by molar-refractivity contribution is 0.140. The van der Waals surface area contributed by atoms with Gasteiger partial charge in [-0.3, -0.25) is 0 Å². The molecule has 0 spiro atoms. The molecule has 0 saturated carbocycles. The molecule has 20 heavy (non-hydrogen) atoms. The summed E-state index contributed by atoms with van der Waals surface area (Å²) < 4.78 is 5.67. The van der Waals surface area contributed by atoms with Crippen LogP contribution in [-0.4, -0.2) is 11.7 Å². The summed E-state index contributed by atoms with van der Waals surface area (Å²) in [5.41, 5.74) is 4.59. The highest BCUT2D eigenvalue weighted by molar-refractivity contribution is 5.31. The second-order valence-corrected chi connectivity index (χ2v) is 5.31. The first kappa shape index (κ1) is 14.6. The Bertz CT molecular complexity index is 575. The lowest BCUT2D eigenvalue weighted by Crippen LogP contribution is -2.06. The van der Waals surface area contributed by atoms with Gasteiger partial charge in [-0.1, -0.05) is 30.3 Å². The van der Waals surface area contributed by atoms with Gasteiger partial charge in [0, 0.05) is 6.42 Å². The van der Waals surface area contributed by atoms with E-state index in [1.165, 1.54) is 16.7 Å². The second kappa shape index (κ2) is 6.58. The standard InChI is InChI=1S/C18H22O2/c1-13-5-4-6-17(11-13)20-10-9-18(19)16-8-7-14(2)15(3)12-16/h4-8,11-12,18-19H,9-10H2,1-3H3. The van der Waals surface area contributed by atoms with Crippen LogP contribution in [0.15, 0.2) is 42.5 Å². The fraction of sp³-hybridized carbons (Fsp3) is 0.333. The van der Waals surface area contributed by atoms with Crippen molar-refractivity contribution < 1.29 is 9.84 Å². The maximum absolute atomic E-state index is 10.2. The molecule has 0 aliphatic heterocycles. The third kappa shape index (κ3) is 3.84. The predicted molar refractivity (Wildman–Crippen MR) is 82.2 cm³/mol. The van der Waals surface area contributed by atoms with E-state index in [1.807, 2.05) is 43.3 Å². The van der Waals surface area contributed by atoms with Crippen LogP contribution < -0.4 is 4.74 Å². The molecule has 0 saturated heterocycles. The van der Waals surface area contributed by atoms with Crippen molar-refractivity contribution in [2.45, 2.75) is 33.3 Å². The number of aryl methyl sites for hydroxylation is 3. The molecule has 106 valence electrons. The monoisotopic (exact) mass is 270 g/mol. The van der Waals surface area contributed by atoms with E-state index in [-0.39, 0.29) is 0 Å². The van der Waals surface area contributed by atoms with E-state index in [4.69, 9.17) is 4.74 Å². The highest BCUT2D eigenvalue weighted by Gasteiger charge is 2.08. The van der Waals surface area contributed by atoms with Gasteiger partial charge < -0.3 is 9.84 Å². The van der Waals surface area contributed by atoms with Gasteiger partial charge in [-0.15, -0.1) is 0 Å². The molecule has 0 aliphatic rings. The summed E-state index contributed by atoms with van der Waals surface area (Å²) in [5, 5.41) is 10.2. The minimum absolute atomic E-state index is 0.473. The molecule has 1 atom stereocenters. The Kier molecular flexibility index (Phi) is 4.80. The van der Waals surface area contributed by atoms with Gasteiger partial charge in [0.25, 0.3) is 0 Å². The van der Waals surface area contributed by atoms with E-state index >= 15 is 0 Å². The highest BCUT2D eigenvalue weighted by atomic mass is 16.5. The minimum atomic E-state index is -0.473. The van der Waals surface area contributed by atoms with Crippen LogP contribution in [-0.2, 0) is 0 Å². The number of hydrogen-bond donors (Lipinski definition) is 1. The van der Waals surface area contributed by atoms with Crippen molar-refractivity contribution in [2.75, 3.05) is 6.61 Å². The van der Waals surface area contributed by atoms with Gasteiger partial charge in [0.05, 0.1) is 12.7 Å². The second-order valence-electron chi connectivity index (χ2n) is 5.31. The molecule has 0 radical (unpaired) electrons. The molecular formula is C18H22O2. The van der Waals surface area contributed by atoms with Gasteiger partial charge in [0.15, 0.2) is 0 Å². The van der Waals surface area contributed by atoms with Crippen molar-refractivity contribution >= 4 is 0 Å². The van der Waals surface area contributed by atoms with Crippen LogP contribution in [0.3, 0.4) is 0 Å². The van der Waals surface area contributed by atoms with Crippen molar-refractivity contribution in [3.05, 3.63) is 64.7 Å². The zero-order valence-electron chi connectivity index (χ0n) is 12.4. The predicted octanol–water partition coefficient (Wildman–Crippen LogP) is 4.11. The Morgan fingerprint density at radius 3 is 2.50 bits per heavy atom. The molecule has 1 N–H and O–H groups in total. The van der Waals surface area contributed by atoms with Crippen molar-refractivity contribution in [1.82, 2.24) is 0 Å². The molecule has 2 rings (SSSR count). The smallest absolute Gasteiger partial charge is 0.119 e. The number of ether oxygens (including phenoxy) is 1. The molecule has 2 nitrogen and oxygen atoms in total. The van der Waals surface area contributed by atoms with Gasteiger partial charge in [-0.2, -0.15) is 0 Å². The summed E-state index contributed by atoms with van der Waals surface area (Å²) in [6, 6.07) is 14.0. The van der Waals surface area contributed by atoms with Crippen LogP contribution in [0.2, 0.25) is 0 Å². The lowest BCUT2D eigenvalue weighted by atomic mass is 10.0. The molecular weight excluding hydrogens is 248 g/mol. The lowest BCUT2D eigenvalue weighted by Gasteiger charge is -2.13. The van der Waals surface area contributed by atoms with Crippen molar-refractivity contribution in [1.29, 1.82) is 0 Å². The first-order valence-corrected chi connectivity index (χ1v) is 7.01. The zero-order chi connectivity index (χ0) is 14.5. The molecule has 2 aromatic carbocycles. The number of aliphatic hydroxyl groups is 1. The van der Waals surface area contributed by atoms with E-state index in [2.05, 4.69) is 19.9 Å². The Hall–Kier alpha value is -1.80. The van der Waals surface area contributed by atoms with Crippen LogP contribution in [0.4, 0.5) is 0 Å². The Morgan fingerprint density at radius 1 is 1.00 bits per heavy atom. The third-order valence-corrected chi connectivity index (χ3v) is 3.57. The molecule has 0 bridgehead atoms. The zero-order valence-corrected chi connectivity index (χ0v) is 12.4. The number of aliphatic hydroxyl groups excluding tert-OH is 1. The van der Waals surface area contributed by atoms with Crippen molar-refractivity contribution in [2.24, 2.45) is 0 Å². The summed E-state index contributed by atoms with van der Waals surface area (Å²) in [7, 11) is 0. The first-order valence-electron chi connectivity index (χ1n) is 7.01. The molecule has 0 heterocycles. The summed E-state index contributed by atoms with van der Waals surface area (Å²) in [6.45, 7) is 6.69. The normalized spacial score (nSPS) is 12.2. The largest absolute Gasteiger partial charge is 0.493 e. The van der Waals surface area contributed by atoms with Gasteiger partial charge in [0.2, 0.25) is 0 Å². The number of rotatable bonds is 5. The molecule has 0 amide bonds. The topological polar surface area (TPSA) is 29.5 Å². The third-order valence-electron chi connectivity index (χ3n) is 3.57. The van der Waals surface area contributed by atoms with Crippen molar-refractivity contribution in [3.63, 3.8) is 0 Å². The maximum Gasteiger partial charge on any atom is 0.119 e. The quantitative estimate of drug-likeness (QED) is 0.885. The van der Waals surface area contributed by atoms with Crippen molar-refractivity contribution in [3.8, 4) is 5.75 Å². The minimum Gasteiger partial charge on any atom is -0.493 e. The SMILES string of the molecule is Cc1cccc(OCCC(O)c2ccc(C)c(C)c2)c1. The molecule has 0 fully saturated rings. The van der Waals surface area contributed by atoms with Crippen LogP contribution in [0, 0.1) is 20.8 Å². The molecule has 1 unspecified atom stereocenters. The average molecular weight is 270 g/mol. The summed E-state index contributed by atoms with van der Waals surface area (Å²) in [5.74, 6) is 0.859. The molecule has 2 aromatic rings. The van der Waals surface area contributed by atoms with Gasteiger partial charge in [-0.25, -0.2) is 0 Å². The van der Waals surface area contributed by atoms with E-state index in [1.54, 1.807) is 0 Å². The van der Waals surface area contributed by atoms with E-state index in [0.717, 1.165) is 11.3 Å². The van der Waals surface area contributed by atoms with Crippen LogP contribution in [0.1, 0.15) is 34.8 Å². The van der Waals surface area contributed by atoms with Gasteiger partial charge >= 0.3 is 0 Å². The summed E-state index contributed by atoms with van der Waals surface area (Å²) in [6.07, 6.45) is 0.121. The number of benzene rings is 2. The van der Waals surface area contributed by atoms with E-state index in [9.17, 15) is 5.11 Å². The Morgan fingerprint density at radius 2 is 1.80 bits per heavy atom. The average Bonchev–Trinajstić information content (AvgIpc) is 2.42. The van der Waals surface area contributed by atoms with Gasteiger partial charge in [0.1, 0.15) is 5.75 Å². The Labute approximate surface area is 121 Å². The van der Waals surface area contributed by atoms with E-state index in [0.29, 0.717) is 13.0 Å². The number of hydrogen-bond acceptors (Lipinski definition) is 2. The molecule has 0 aliphatic carbocycles. The van der Waals surface area contributed by atoms with Crippen LogP contribution >= 0.6 is 0 Å². The fourth-order valence-electron chi connectivity index (χ4n) is 2.13. The molecule has 0 aromatic heterocycles. The maximum atomic E-state index is 10.2. The molecule has 2 heteroatoms. The first-order chi connectivity index (χ1) is 9.56.